The third kappa shape index (κ3) is 2.79. The number of aliphatic hydroxyl groups is 1. The Morgan fingerprint density at radius 1 is 1.11 bits per heavy atom. The summed E-state index contributed by atoms with van der Waals surface area (Å²) in [5.41, 5.74) is 1.47. The van der Waals surface area contributed by atoms with E-state index in [-0.39, 0.29) is 6.10 Å². The van der Waals surface area contributed by atoms with E-state index in [4.69, 9.17) is 0 Å². The van der Waals surface area contributed by atoms with Crippen LogP contribution < -0.4 is 5.32 Å². The maximum atomic E-state index is 9.24. The predicted molar refractivity (Wildman–Crippen MR) is 76.6 cm³/mol. The van der Waals surface area contributed by atoms with Gasteiger partial charge in [0.2, 0.25) is 0 Å². The highest BCUT2D eigenvalue weighted by atomic mass is 79.9. The number of nitrogens with one attached hydrogen (secondary N) is 1. The smallest absolute Gasteiger partial charge is 0.0546 e. The quantitative estimate of drug-likeness (QED) is 0.896. The summed E-state index contributed by atoms with van der Waals surface area (Å²) < 4.78 is 1.16. The van der Waals surface area contributed by atoms with Crippen LogP contribution in [0.15, 0.2) is 28.7 Å². The summed E-state index contributed by atoms with van der Waals surface area (Å²) in [6.07, 6.45) is 4.49. The molecular weight excluding hydrogens is 290 g/mol. The van der Waals surface area contributed by atoms with Crippen molar-refractivity contribution in [2.24, 2.45) is 5.92 Å². The van der Waals surface area contributed by atoms with Gasteiger partial charge in [0, 0.05) is 10.5 Å². The Labute approximate surface area is 117 Å². The molecule has 2 N–H and O–H groups in total. The first-order valence-electron chi connectivity index (χ1n) is 6.87. The second-order valence-electron chi connectivity index (χ2n) is 5.82. The summed E-state index contributed by atoms with van der Waals surface area (Å²) in [7, 11) is 0. The molecule has 1 aromatic carbocycles. The van der Waals surface area contributed by atoms with Crippen LogP contribution >= 0.6 is 15.9 Å². The number of hydrogen-bond acceptors (Lipinski definition) is 2. The minimum absolute atomic E-state index is 0.0197. The molecule has 0 atom stereocenters. The number of halogens is 1. The highest BCUT2D eigenvalue weighted by Crippen LogP contribution is 2.37. The van der Waals surface area contributed by atoms with Crippen LogP contribution in [0.4, 0.5) is 0 Å². The molecule has 3 rings (SSSR count). The molecule has 0 unspecified atom stereocenters. The Balaban J connectivity index is 1.39. The fraction of sp³-hybridized carbons (Fsp3) is 0.600. The Bertz CT molecular complexity index is 393. The summed E-state index contributed by atoms with van der Waals surface area (Å²) in [6.45, 7) is 1.09. The molecule has 2 nitrogen and oxygen atoms in total. The largest absolute Gasteiger partial charge is 0.393 e. The van der Waals surface area contributed by atoms with Crippen molar-refractivity contribution < 1.29 is 5.11 Å². The molecule has 0 radical (unpaired) electrons. The molecule has 2 saturated carbocycles. The van der Waals surface area contributed by atoms with E-state index >= 15 is 0 Å². The van der Waals surface area contributed by atoms with Gasteiger partial charge in [0.1, 0.15) is 0 Å². The normalized spacial score (nSPS) is 34.8. The van der Waals surface area contributed by atoms with Crippen LogP contribution in [0.1, 0.15) is 37.2 Å². The van der Waals surface area contributed by atoms with Crippen LogP contribution in [-0.4, -0.2) is 23.8 Å². The Morgan fingerprint density at radius 3 is 2.39 bits per heavy atom. The predicted octanol–water partition coefficient (Wildman–Crippen LogP) is 3.06. The average Bonchev–Trinajstić information content (AvgIpc) is 2.26. The van der Waals surface area contributed by atoms with Crippen molar-refractivity contribution in [3.8, 4) is 0 Å². The lowest BCUT2D eigenvalue weighted by Crippen LogP contribution is -2.45. The Hall–Kier alpha value is -0.380. The molecule has 0 bridgehead atoms. The third-order valence-corrected chi connectivity index (χ3v) is 4.91. The van der Waals surface area contributed by atoms with Crippen molar-refractivity contribution in [1.82, 2.24) is 5.32 Å². The number of benzene rings is 1. The summed E-state index contributed by atoms with van der Waals surface area (Å²) in [5, 5.41) is 12.9. The number of rotatable bonds is 4. The zero-order chi connectivity index (χ0) is 12.5. The van der Waals surface area contributed by atoms with Gasteiger partial charge in [0.15, 0.2) is 0 Å². The number of hydrogen-bond donors (Lipinski definition) is 2. The van der Waals surface area contributed by atoms with E-state index in [1.54, 1.807) is 0 Å². The monoisotopic (exact) mass is 309 g/mol. The van der Waals surface area contributed by atoms with E-state index < -0.39 is 0 Å². The fourth-order valence-corrected chi connectivity index (χ4v) is 3.26. The summed E-state index contributed by atoms with van der Waals surface area (Å²) >= 11 is 3.47. The minimum atomic E-state index is -0.0197. The second-order valence-corrected chi connectivity index (χ2v) is 6.73. The van der Waals surface area contributed by atoms with Gasteiger partial charge in [-0.2, -0.15) is 0 Å². The average molecular weight is 310 g/mol. The van der Waals surface area contributed by atoms with E-state index in [2.05, 4.69) is 45.5 Å². The van der Waals surface area contributed by atoms with Gasteiger partial charge in [0.25, 0.3) is 0 Å². The van der Waals surface area contributed by atoms with Gasteiger partial charge in [0.05, 0.1) is 6.10 Å². The van der Waals surface area contributed by atoms with Gasteiger partial charge < -0.3 is 10.4 Å². The van der Waals surface area contributed by atoms with Crippen molar-refractivity contribution in [3.63, 3.8) is 0 Å². The van der Waals surface area contributed by atoms with Gasteiger partial charge in [-0.25, -0.2) is 0 Å². The second kappa shape index (κ2) is 5.32. The van der Waals surface area contributed by atoms with Gasteiger partial charge in [-0.15, -0.1) is 0 Å². The molecule has 0 spiro atoms. The van der Waals surface area contributed by atoms with Gasteiger partial charge in [-0.1, -0.05) is 28.1 Å². The molecule has 1 aromatic rings. The van der Waals surface area contributed by atoms with Crippen molar-refractivity contribution in [3.05, 3.63) is 34.3 Å². The summed E-state index contributed by atoms with van der Waals surface area (Å²) in [4.78, 5) is 0. The molecule has 0 aromatic heterocycles. The van der Waals surface area contributed by atoms with Crippen LogP contribution in [0.25, 0.3) is 0 Å². The van der Waals surface area contributed by atoms with E-state index in [0.717, 1.165) is 29.8 Å². The highest BCUT2D eigenvalue weighted by molar-refractivity contribution is 9.10. The lowest BCUT2D eigenvalue weighted by molar-refractivity contribution is 0.0400. The van der Waals surface area contributed by atoms with Crippen LogP contribution in [-0.2, 0) is 0 Å². The lowest BCUT2D eigenvalue weighted by atomic mass is 9.75. The lowest BCUT2D eigenvalue weighted by Gasteiger charge is -2.39. The SMILES string of the molecule is OC1CC(CNC2CC(c3ccc(Br)cc3)C2)C1. The molecule has 2 fully saturated rings. The molecular formula is C15H20BrNO. The maximum Gasteiger partial charge on any atom is 0.0546 e. The van der Waals surface area contributed by atoms with Gasteiger partial charge in [-0.05, 0) is 61.8 Å². The van der Waals surface area contributed by atoms with E-state index in [0.29, 0.717) is 12.0 Å². The van der Waals surface area contributed by atoms with Gasteiger partial charge in [-0.3, -0.25) is 0 Å². The van der Waals surface area contributed by atoms with Crippen molar-refractivity contribution >= 4 is 15.9 Å². The fourth-order valence-electron chi connectivity index (χ4n) is 2.99. The van der Waals surface area contributed by atoms with Gasteiger partial charge >= 0.3 is 0 Å². The van der Waals surface area contributed by atoms with Crippen LogP contribution in [0, 0.1) is 5.92 Å². The molecule has 18 heavy (non-hydrogen) atoms. The maximum absolute atomic E-state index is 9.24. The van der Waals surface area contributed by atoms with E-state index in [1.807, 2.05) is 0 Å². The zero-order valence-corrected chi connectivity index (χ0v) is 12.1. The first-order chi connectivity index (χ1) is 8.70. The molecule has 2 aliphatic rings. The van der Waals surface area contributed by atoms with Crippen molar-refractivity contribution in [1.29, 1.82) is 0 Å². The summed E-state index contributed by atoms with van der Waals surface area (Å²) in [6, 6.07) is 9.41. The Morgan fingerprint density at radius 2 is 1.78 bits per heavy atom. The van der Waals surface area contributed by atoms with E-state index in [1.165, 1.54) is 18.4 Å². The standard InChI is InChI=1S/C15H20BrNO/c16-13-3-1-11(2-4-13)12-7-14(8-12)17-9-10-5-15(18)6-10/h1-4,10,12,14-15,17-18H,5-9H2. The number of aliphatic hydroxyl groups excluding tert-OH is 1. The van der Waals surface area contributed by atoms with Crippen LogP contribution in [0.5, 0.6) is 0 Å². The molecule has 98 valence electrons. The first-order valence-corrected chi connectivity index (χ1v) is 7.67. The molecule has 0 amide bonds. The van der Waals surface area contributed by atoms with Crippen molar-refractivity contribution in [2.45, 2.75) is 43.7 Å². The first kappa shape index (κ1) is 12.6. The summed E-state index contributed by atoms with van der Waals surface area (Å²) in [5.74, 6) is 1.45. The van der Waals surface area contributed by atoms with Crippen molar-refractivity contribution in [2.75, 3.05) is 6.54 Å². The topological polar surface area (TPSA) is 32.3 Å². The highest BCUT2D eigenvalue weighted by Gasteiger charge is 2.32. The van der Waals surface area contributed by atoms with E-state index in [9.17, 15) is 5.11 Å². The molecule has 0 aliphatic heterocycles. The Kier molecular flexibility index (Phi) is 3.73. The molecule has 2 aliphatic carbocycles. The molecule has 3 heteroatoms. The minimum Gasteiger partial charge on any atom is -0.393 e. The zero-order valence-electron chi connectivity index (χ0n) is 10.5. The van der Waals surface area contributed by atoms with Crippen LogP contribution in [0.2, 0.25) is 0 Å². The van der Waals surface area contributed by atoms with Crippen LogP contribution in [0.3, 0.4) is 0 Å². The third-order valence-electron chi connectivity index (χ3n) is 4.39. The molecule has 0 heterocycles. The molecule has 0 saturated heterocycles.